The lowest BCUT2D eigenvalue weighted by Gasteiger charge is -2.35. The molecule has 1 aliphatic rings. The average Bonchev–Trinajstić information content (AvgIpc) is 2.14. The van der Waals surface area contributed by atoms with E-state index in [-0.39, 0.29) is 0 Å². The zero-order valence-corrected chi connectivity index (χ0v) is 11.4. The minimum absolute atomic E-state index is 0.853. The van der Waals surface area contributed by atoms with E-state index in [9.17, 15) is 0 Å². The molecule has 1 aliphatic heterocycles. The quantitative estimate of drug-likeness (QED) is 0.658. The first-order valence-electron chi connectivity index (χ1n) is 5.70. The molecule has 0 aromatic carbocycles. The SMILES string of the molecule is CC.CC1CCN(SN(C)C)CC1C. The molecule has 14 heavy (non-hydrogen) atoms. The van der Waals surface area contributed by atoms with Gasteiger partial charge in [-0.15, -0.1) is 0 Å². The predicted molar refractivity (Wildman–Crippen MR) is 67.1 cm³/mol. The molecule has 2 unspecified atom stereocenters. The monoisotopic (exact) mass is 218 g/mol. The average molecular weight is 218 g/mol. The van der Waals surface area contributed by atoms with E-state index < -0.39 is 0 Å². The highest BCUT2D eigenvalue weighted by molar-refractivity contribution is 7.94. The summed E-state index contributed by atoms with van der Waals surface area (Å²) in [6, 6.07) is 0. The summed E-state index contributed by atoms with van der Waals surface area (Å²) in [7, 11) is 4.21. The van der Waals surface area contributed by atoms with E-state index >= 15 is 0 Å². The van der Waals surface area contributed by atoms with Crippen LogP contribution in [0.3, 0.4) is 0 Å². The van der Waals surface area contributed by atoms with Crippen molar-refractivity contribution < 1.29 is 0 Å². The molecule has 1 rings (SSSR count). The van der Waals surface area contributed by atoms with E-state index in [1.807, 2.05) is 26.0 Å². The van der Waals surface area contributed by atoms with Crippen molar-refractivity contribution in [3.05, 3.63) is 0 Å². The summed E-state index contributed by atoms with van der Waals surface area (Å²) in [4.78, 5) is 0. The molecule has 0 spiro atoms. The molecule has 0 saturated carbocycles. The first-order valence-corrected chi connectivity index (χ1v) is 6.43. The minimum Gasteiger partial charge on any atom is -0.243 e. The number of rotatable bonds is 2. The van der Waals surface area contributed by atoms with Crippen LogP contribution in [0.5, 0.6) is 0 Å². The highest BCUT2D eigenvalue weighted by Gasteiger charge is 2.23. The van der Waals surface area contributed by atoms with Gasteiger partial charge in [0, 0.05) is 25.2 Å². The maximum absolute atomic E-state index is 2.46. The van der Waals surface area contributed by atoms with Crippen molar-refractivity contribution in [3.63, 3.8) is 0 Å². The molecule has 0 radical (unpaired) electrons. The lowest BCUT2D eigenvalue weighted by Crippen LogP contribution is -2.35. The third-order valence-corrected chi connectivity index (χ3v) is 3.46. The summed E-state index contributed by atoms with van der Waals surface area (Å²) in [5, 5.41) is 0. The van der Waals surface area contributed by atoms with E-state index in [1.54, 1.807) is 0 Å². The molecule has 0 aromatic heterocycles. The van der Waals surface area contributed by atoms with Crippen molar-refractivity contribution in [1.82, 2.24) is 8.61 Å². The Hall–Kier alpha value is 0.270. The van der Waals surface area contributed by atoms with Crippen molar-refractivity contribution in [2.45, 2.75) is 34.1 Å². The second-order valence-corrected chi connectivity index (χ2v) is 5.44. The van der Waals surface area contributed by atoms with Gasteiger partial charge in [-0.25, -0.2) is 8.61 Å². The smallest absolute Gasteiger partial charge is 0.0130 e. The summed E-state index contributed by atoms with van der Waals surface area (Å²) in [5.41, 5.74) is 0. The molecule has 1 heterocycles. The van der Waals surface area contributed by atoms with Gasteiger partial charge in [0.25, 0.3) is 0 Å². The van der Waals surface area contributed by atoms with Crippen molar-refractivity contribution in [1.29, 1.82) is 0 Å². The molecule has 3 heteroatoms. The molecule has 0 aromatic rings. The van der Waals surface area contributed by atoms with Gasteiger partial charge in [-0.2, -0.15) is 0 Å². The minimum atomic E-state index is 0.853. The molecule has 0 bridgehead atoms. The second kappa shape index (κ2) is 7.55. The van der Waals surface area contributed by atoms with Gasteiger partial charge in [-0.3, -0.25) is 0 Å². The van der Waals surface area contributed by atoms with Crippen LogP contribution in [-0.4, -0.2) is 35.8 Å². The zero-order valence-electron chi connectivity index (χ0n) is 10.6. The first-order chi connectivity index (χ1) is 6.59. The van der Waals surface area contributed by atoms with E-state index in [1.165, 1.54) is 19.5 Å². The highest BCUT2D eigenvalue weighted by Crippen LogP contribution is 2.27. The van der Waals surface area contributed by atoms with Gasteiger partial charge in [0.1, 0.15) is 0 Å². The third kappa shape index (κ3) is 5.23. The van der Waals surface area contributed by atoms with Crippen molar-refractivity contribution >= 4 is 12.1 Å². The zero-order chi connectivity index (χ0) is 11.1. The predicted octanol–water partition coefficient (Wildman–Crippen LogP) is 3.12. The van der Waals surface area contributed by atoms with E-state index in [4.69, 9.17) is 0 Å². The Kier molecular flexibility index (Phi) is 7.69. The Morgan fingerprint density at radius 1 is 1.14 bits per heavy atom. The Morgan fingerprint density at radius 3 is 2.14 bits per heavy atom. The summed E-state index contributed by atoms with van der Waals surface area (Å²) >= 11 is 1.85. The molecular formula is C11H26N2S. The van der Waals surface area contributed by atoms with Crippen LogP contribution in [0.15, 0.2) is 0 Å². The summed E-state index contributed by atoms with van der Waals surface area (Å²) in [6.07, 6.45) is 1.35. The Bertz CT molecular complexity index is 139. The van der Waals surface area contributed by atoms with Gasteiger partial charge in [-0.1, -0.05) is 27.7 Å². The molecule has 1 fully saturated rings. The lowest BCUT2D eigenvalue weighted by atomic mass is 9.90. The highest BCUT2D eigenvalue weighted by atomic mass is 32.2. The van der Waals surface area contributed by atoms with Crippen LogP contribution in [0, 0.1) is 11.8 Å². The van der Waals surface area contributed by atoms with Crippen LogP contribution in [-0.2, 0) is 0 Å². The summed E-state index contributed by atoms with van der Waals surface area (Å²) < 4.78 is 4.63. The molecule has 0 N–H and O–H groups in total. The van der Waals surface area contributed by atoms with Gasteiger partial charge in [0.15, 0.2) is 0 Å². The van der Waals surface area contributed by atoms with Crippen LogP contribution in [0.4, 0.5) is 0 Å². The molecule has 2 nitrogen and oxygen atoms in total. The van der Waals surface area contributed by atoms with Crippen molar-refractivity contribution in [2.75, 3.05) is 27.2 Å². The van der Waals surface area contributed by atoms with E-state index in [0.717, 1.165) is 11.8 Å². The normalized spacial score (nSPS) is 28.5. The Balaban J connectivity index is 0.000000791. The molecular weight excluding hydrogens is 192 g/mol. The number of hydrogen-bond acceptors (Lipinski definition) is 3. The van der Waals surface area contributed by atoms with Gasteiger partial charge < -0.3 is 0 Å². The van der Waals surface area contributed by atoms with Crippen LogP contribution < -0.4 is 0 Å². The largest absolute Gasteiger partial charge is 0.243 e. The van der Waals surface area contributed by atoms with Crippen LogP contribution in [0.25, 0.3) is 0 Å². The maximum Gasteiger partial charge on any atom is 0.0130 e. The van der Waals surface area contributed by atoms with Gasteiger partial charge in [-0.05, 0) is 32.4 Å². The van der Waals surface area contributed by atoms with E-state index in [2.05, 4.69) is 36.6 Å². The number of piperidine rings is 1. The van der Waals surface area contributed by atoms with Gasteiger partial charge >= 0.3 is 0 Å². The number of nitrogens with zero attached hydrogens (tertiary/aromatic N) is 2. The van der Waals surface area contributed by atoms with Crippen LogP contribution in [0.2, 0.25) is 0 Å². The Labute approximate surface area is 94.3 Å². The summed E-state index contributed by atoms with van der Waals surface area (Å²) in [6.45, 7) is 11.2. The van der Waals surface area contributed by atoms with Crippen LogP contribution in [0.1, 0.15) is 34.1 Å². The van der Waals surface area contributed by atoms with Gasteiger partial charge in [0.05, 0.1) is 0 Å². The fourth-order valence-corrected chi connectivity index (χ4v) is 2.48. The molecule has 1 saturated heterocycles. The first kappa shape index (κ1) is 14.3. The molecule has 2 atom stereocenters. The standard InChI is InChI=1S/C9H20N2S.C2H6/c1-8-5-6-11(7-9(8)2)12-10(3)4;1-2/h8-9H,5-7H2,1-4H3;1-2H3. The van der Waals surface area contributed by atoms with Crippen molar-refractivity contribution in [3.8, 4) is 0 Å². The maximum atomic E-state index is 2.46. The third-order valence-electron chi connectivity index (χ3n) is 2.58. The lowest BCUT2D eigenvalue weighted by molar-refractivity contribution is 0.221. The Morgan fingerprint density at radius 2 is 1.71 bits per heavy atom. The van der Waals surface area contributed by atoms with E-state index in [0.29, 0.717) is 0 Å². The topological polar surface area (TPSA) is 6.48 Å². The second-order valence-electron chi connectivity index (χ2n) is 4.03. The molecule has 86 valence electrons. The van der Waals surface area contributed by atoms with Crippen LogP contribution >= 0.6 is 12.1 Å². The van der Waals surface area contributed by atoms with Crippen molar-refractivity contribution in [2.24, 2.45) is 11.8 Å². The number of hydrogen-bond donors (Lipinski definition) is 0. The molecule has 0 aliphatic carbocycles. The molecule has 0 amide bonds. The van der Waals surface area contributed by atoms with Gasteiger partial charge in [0.2, 0.25) is 0 Å². The fraction of sp³-hybridized carbons (Fsp3) is 1.00. The summed E-state index contributed by atoms with van der Waals surface area (Å²) in [5.74, 6) is 1.76. The fourth-order valence-electron chi connectivity index (χ4n) is 1.53.